The van der Waals surface area contributed by atoms with E-state index in [1.165, 1.54) is 0 Å². The number of amides is 1. The van der Waals surface area contributed by atoms with Gasteiger partial charge in [-0.05, 0) is 25.7 Å². The number of rotatable bonds is 2. The molecule has 5 nitrogen and oxygen atoms in total. The monoisotopic (exact) mass is 307 g/mol. The number of fused-ring (bicyclic) bond motifs is 1. The quantitative estimate of drug-likeness (QED) is 0.783. The molecule has 2 aliphatic heterocycles. The molecule has 0 aliphatic carbocycles. The van der Waals surface area contributed by atoms with E-state index in [0.29, 0.717) is 17.9 Å². The molecule has 0 bridgehead atoms. The fourth-order valence-electron chi connectivity index (χ4n) is 2.96. The van der Waals surface area contributed by atoms with Crippen LogP contribution in [-0.2, 0) is 4.79 Å². The van der Waals surface area contributed by atoms with Gasteiger partial charge in [0.05, 0.1) is 6.04 Å². The van der Waals surface area contributed by atoms with E-state index < -0.39 is 0 Å². The Balaban J connectivity index is 1.72. The van der Waals surface area contributed by atoms with Crippen molar-refractivity contribution in [3.05, 3.63) is 22.1 Å². The minimum absolute atomic E-state index is 0.00457. The third kappa shape index (κ3) is 2.86. The lowest BCUT2D eigenvalue weighted by atomic mass is 9.99. The molecule has 0 aromatic carbocycles. The van der Waals surface area contributed by atoms with Gasteiger partial charge >= 0.3 is 0 Å². The largest absolute Gasteiger partial charge is 0.343 e. The molecular weight excluding hydrogens is 286 g/mol. The number of hydrogen-bond donors (Lipinski definition) is 0. The number of hydrogen-bond acceptors (Lipinski definition) is 4. The standard InChI is InChI=1S/C15H21N3O2S/c1-10-3-5-17(6-4-10)13(19)7-12-9-21-15-16-8-11(2)14(20)18(12)15/h8,10,12H,3-7,9H2,1-2H3. The van der Waals surface area contributed by atoms with Crippen LogP contribution in [0.15, 0.2) is 16.1 Å². The first-order valence-electron chi connectivity index (χ1n) is 7.55. The zero-order valence-electron chi connectivity index (χ0n) is 12.5. The number of aryl methyl sites for hydroxylation is 1. The molecule has 1 fully saturated rings. The lowest BCUT2D eigenvalue weighted by Crippen LogP contribution is -2.39. The summed E-state index contributed by atoms with van der Waals surface area (Å²) in [7, 11) is 0. The zero-order valence-corrected chi connectivity index (χ0v) is 13.4. The van der Waals surface area contributed by atoms with Gasteiger partial charge in [-0.25, -0.2) is 4.98 Å². The van der Waals surface area contributed by atoms with Crippen molar-refractivity contribution in [3.8, 4) is 0 Å². The Labute approximate surface area is 128 Å². The second kappa shape index (κ2) is 5.83. The van der Waals surface area contributed by atoms with E-state index in [1.807, 2.05) is 4.90 Å². The summed E-state index contributed by atoms with van der Waals surface area (Å²) in [6.45, 7) is 5.72. The Morgan fingerprint density at radius 2 is 2.14 bits per heavy atom. The Morgan fingerprint density at radius 1 is 1.43 bits per heavy atom. The van der Waals surface area contributed by atoms with Gasteiger partial charge in [-0.3, -0.25) is 14.2 Å². The number of aromatic nitrogens is 2. The first-order valence-corrected chi connectivity index (χ1v) is 8.53. The minimum Gasteiger partial charge on any atom is -0.343 e. The van der Waals surface area contributed by atoms with Crippen LogP contribution >= 0.6 is 11.8 Å². The Hall–Kier alpha value is -1.30. The van der Waals surface area contributed by atoms with Gasteiger partial charge < -0.3 is 4.90 Å². The first kappa shape index (κ1) is 14.6. The summed E-state index contributed by atoms with van der Waals surface area (Å²) in [5.41, 5.74) is 0.639. The summed E-state index contributed by atoms with van der Waals surface area (Å²) < 4.78 is 1.71. The molecule has 0 N–H and O–H groups in total. The second-order valence-electron chi connectivity index (χ2n) is 6.13. The van der Waals surface area contributed by atoms with E-state index in [-0.39, 0.29) is 17.5 Å². The number of likely N-dealkylation sites (tertiary alicyclic amines) is 1. The fraction of sp³-hybridized carbons (Fsp3) is 0.667. The van der Waals surface area contributed by atoms with Crippen molar-refractivity contribution in [2.24, 2.45) is 5.92 Å². The van der Waals surface area contributed by atoms with Crippen LogP contribution < -0.4 is 5.56 Å². The lowest BCUT2D eigenvalue weighted by Gasteiger charge is -2.31. The van der Waals surface area contributed by atoms with Crippen LogP contribution in [-0.4, -0.2) is 39.2 Å². The van der Waals surface area contributed by atoms with Crippen LogP contribution in [0, 0.1) is 12.8 Å². The van der Waals surface area contributed by atoms with Crippen molar-refractivity contribution in [2.75, 3.05) is 18.8 Å². The van der Waals surface area contributed by atoms with E-state index in [2.05, 4.69) is 11.9 Å². The number of piperidine rings is 1. The number of thioether (sulfide) groups is 1. The van der Waals surface area contributed by atoms with Crippen molar-refractivity contribution >= 4 is 17.7 Å². The van der Waals surface area contributed by atoms with Crippen molar-refractivity contribution in [1.82, 2.24) is 14.5 Å². The van der Waals surface area contributed by atoms with Crippen LogP contribution in [0.5, 0.6) is 0 Å². The highest BCUT2D eigenvalue weighted by atomic mass is 32.2. The molecule has 1 aromatic heterocycles. The molecule has 2 aliphatic rings. The van der Waals surface area contributed by atoms with Crippen molar-refractivity contribution in [3.63, 3.8) is 0 Å². The number of carbonyl (C=O) groups excluding carboxylic acids is 1. The highest BCUT2D eigenvalue weighted by Crippen LogP contribution is 2.32. The molecule has 3 rings (SSSR count). The van der Waals surface area contributed by atoms with Gasteiger partial charge in [0.15, 0.2) is 5.16 Å². The van der Waals surface area contributed by atoms with Crippen LogP contribution in [0.3, 0.4) is 0 Å². The van der Waals surface area contributed by atoms with Gasteiger partial charge in [0.1, 0.15) is 0 Å². The molecule has 1 unspecified atom stereocenters. The van der Waals surface area contributed by atoms with Crippen molar-refractivity contribution in [1.29, 1.82) is 0 Å². The van der Waals surface area contributed by atoms with E-state index in [0.717, 1.165) is 36.8 Å². The average Bonchev–Trinajstić information content (AvgIpc) is 2.87. The summed E-state index contributed by atoms with van der Waals surface area (Å²) in [5, 5.41) is 0.746. The topological polar surface area (TPSA) is 55.2 Å². The number of nitrogens with zero attached hydrogens (tertiary/aromatic N) is 3. The summed E-state index contributed by atoms with van der Waals surface area (Å²) in [5.74, 6) is 1.65. The van der Waals surface area contributed by atoms with Crippen LogP contribution in [0.2, 0.25) is 0 Å². The normalized spacial score (nSPS) is 22.4. The first-order chi connectivity index (χ1) is 10.1. The van der Waals surface area contributed by atoms with Crippen LogP contribution in [0.4, 0.5) is 0 Å². The summed E-state index contributed by atoms with van der Waals surface area (Å²) in [6.07, 6.45) is 4.21. The van der Waals surface area contributed by atoms with Gasteiger partial charge in [0.25, 0.3) is 5.56 Å². The number of carbonyl (C=O) groups is 1. The average molecular weight is 307 g/mol. The SMILES string of the molecule is Cc1cnc2n(c1=O)C(CC(=O)N1CCC(C)CC1)CS2. The summed E-state index contributed by atoms with van der Waals surface area (Å²) in [6, 6.07) is -0.0447. The maximum absolute atomic E-state index is 12.4. The molecule has 114 valence electrons. The smallest absolute Gasteiger partial charge is 0.257 e. The van der Waals surface area contributed by atoms with Gasteiger partial charge in [-0.15, -0.1) is 0 Å². The Kier molecular flexibility index (Phi) is 4.06. The van der Waals surface area contributed by atoms with Crippen LogP contribution in [0.1, 0.15) is 37.8 Å². The maximum Gasteiger partial charge on any atom is 0.257 e. The third-order valence-electron chi connectivity index (χ3n) is 4.45. The van der Waals surface area contributed by atoms with E-state index >= 15 is 0 Å². The van der Waals surface area contributed by atoms with E-state index in [4.69, 9.17) is 0 Å². The van der Waals surface area contributed by atoms with Crippen LogP contribution in [0.25, 0.3) is 0 Å². The van der Waals surface area contributed by atoms with E-state index in [9.17, 15) is 9.59 Å². The zero-order chi connectivity index (χ0) is 15.0. The Morgan fingerprint density at radius 3 is 2.86 bits per heavy atom. The molecule has 0 radical (unpaired) electrons. The second-order valence-corrected chi connectivity index (χ2v) is 7.12. The molecule has 1 saturated heterocycles. The molecule has 6 heteroatoms. The van der Waals surface area contributed by atoms with Crippen molar-refractivity contribution in [2.45, 2.75) is 44.3 Å². The highest BCUT2D eigenvalue weighted by molar-refractivity contribution is 7.99. The summed E-state index contributed by atoms with van der Waals surface area (Å²) in [4.78, 5) is 31.0. The molecule has 1 atom stereocenters. The molecular formula is C15H21N3O2S. The predicted octanol–water partition coefficient (Wildman–Crippen LogP) is 1.85. The maximum atomic E-state index is 12.4. The predicted molar refractivity (Wildman–Crippen MR) is 82.6 cm³/mol. The third-order valence-corrected chi connectivity index (χ3v) is 5.56. The van der Waals surface area contributed by atoms with Gasteiger partial charge in [0, 0.05) is 37.0 Å². The molecule has 21 heavy (non-hydrogen) atoms. The van der Waals surface area contributed by atoms with E-state index in [1.54, 1.807) is 29.4 Å². The van der Waals surface area contributed by atoms with Crippen molar-refractivity contribution < 1.29 is 4.79 Å². The lowest BCUT2D eigenvalue weighted by molar-refractivity contribution is -0.133. The highest BCUT2D eigenvalue weighted by Gasteiger charge is 2.30. The van der Waals surface area contributed by atoms with Gasteiger partial charge in [0.2, 0.25) is 5.91 Å². The fourth-order valence-corrected chi connectivity index (χ4v) is 4.07. The van der Waals surface area contributed by atoms with Gasteiger partial charge in [-0.1, -0.05) is 18.7 Å². The molecule has 0 saturated carbocycles. The molecule has 3 heterocycles. The molecule has 0 spiro atoms. The molecule has 1 amide bonds. The van der Waals surface area contributed by atoms with Gasteiger partial charge in [-0.2, -0.15) is 0 Å². The minimum atomic E-state index is -0.0447. The Bertz CT molecular complexity index is 605. The summed E-state index contributed by atoms with van der Waals surface area (Å²) >= 11 is 1.57. The molecule has 1 aromatic rings.